The molecule has 0 saturated carbocycles. The standard InChI is InChI=1S/C11H10FN3O2S/c1-17-8-3-2-7(9(12)4-8)5-13-15-11-14-10(16)6-18-11/h2-5H,6H2,1H3,(H,14,15,16). The first-order chi connectivity index (χ1) is 8.69. The third-order valence-electron chi connectivity index (χ3n) is 2.14. The predicted molar refractivity (Wildman–Crippen MR) is 68.6 cm³/mol. The maximum Gasteiger partial charge on any atom is 0.236 e. The number of rotatable bonds is 3. The van der Waals surface area contributed by atoms with Crippen molar-refractivity contribution in [2.45, 2.75) is 0 Å². The summed E-state index contributed by atoms with van der Waals surface area (Å²) in [6.45, 7) is 0. The minimum atomic E-state index is -0.443. The van der Waals surface area contributed by atoms with Crippen molar-refractivity contribution in [1.29, 1.82) is 0 Å². The van der Waals surface area contributed by atoms with Crippen molar-refractivity contribution < 1.29 is 13.9 Å². The molecule has 0 aromatic heterocycles. The minimum Gasteiger partial charge on any atom is -0.497 e. The second-order valence-electron chi connectivity index (χ2n) is 3.37. The zero-order valence-corrected chi connectivity index (χ0v) is 10.3. The number of amidine groups is 1. The van der Waals surface area contributed by atoms with Crippen LogP contribution in [0.15, 0.2) is 28.4 Å². The van der Waals surface area contributed by atoms with Gasteiger partial charge in [0.1, 0.15) is 11.6 Å². The van der Waals surface area contributed by atoms with Gasteiger partial charge in [-0.3, -0.25) is 4.79 Å². The Hall–Kier alpha value is -1.89. The van der Waals surface area contributed by atoms with Crippen LogP contribution in [0, 0.1) is 5.82 Å². The lowest BCUT2D eigenvalue weighted by molar-refractivity contribution is -0.116. The lowest BCUT2D eigenvalue weighted by Crippen LogP contribution is -2.19. The van der Waals surface area contributed by atoms with Gasteiger partial charge >= 0.3 is 0 Å². The first kappa shape index (κ1) is 12.6. The van der Waals surface area contributed by atoms with Crippen LogP contribution >= 0.6 is 11.8 Å². The summed E-state index contributed by atoms with van der Waals surface area (Å²) in [4.78, 5) is 10.9. The van der Waals surface area contributed by atoms with Gasteiger partial charge in [0, 0.05) is 11.6 Å². The van der Waals surface area contributed by atoms with Crippen molar-refractivity contribution in [3.63, 3.8) is 0 Å². The third kappa shape index (κ3) is 3.07. The van der Waals surface area contributed by atoms with Crippen LogP contribution in [0.5, 0.6) is 5.75 Å². The van der Waals surface area contributed by atoms with Crippen LogP contribution in [0.25, 0.3) is 0 Å². The highest BCUT2D eigenvalue weighted by atomic mass is 32.2. The molecule has 94 valence electrons. The Bertz CT molecular complexity index is 531. The summed E-state index contributed by atoms with van der Waals surface area (Å²) < 4.78 is 18.4. The number of halogens is 1. The summed E-state index contributed by atoms with van der Waals surface area (Å²) in [6, 6.07) is 4.43. The lowest BCUT2D eigenvalue weighted by Gasteiger charge is -2.00. The molecule has 7 heteroatoms. The number of amides is 1. The molecule has 0 atom stereocenters. The summed E-state index contributed by atoms with van der Waals surface area (Å²) in [7, 11) is 1.47. The molecule has 18 heavy (non-hydrogen) atoms. The van der Waals surface area contributed by atoms with Crippen LogP contribution in [-0.4, -0.2) is 30.2 Å². The average molecular weight is 267 g/mol. The van der Waals surface area contributed by atoms with Gasteiger partial charge in [0.25, 0.3) is 0 Å². The van der Waals surface area contributed by atoms with Gasteiger partial charge in [-0.15, -0.1) is 5.10 Å². The van der Waals surface area contributed by atoms with Crippen molar-refractivity contribution >= 4 is 29.1 Å². The first-order valence-corrected chi connectivity index (χ1v) is 6.05. The molecule has 0 spiro atoms. The van der Waals surface area contributed by atoms with E-state index in [1.165, 1.54) is 37.2 Å². The summed E-state index contributed by atoms with van der Waals surface area (Å²) >= 11 is 1.26. The normalized spacial score (nSPS) is 17.4. The van der Waals surface area contributed by atoms with E-state index in [4.69, 9.17) is 4.74 Å². The average Bonchev–Trinajstić information content (AvgIpc) is 2.77. The molecule has 1 aliphatic rings. The largest absolute Gasteiger partial charge is 0.497 e. The number of nitrogens with one attached hydrogen (secondary N) is 1. The lowest BCUT2D eigenvalue weighted by atomic mass is 10.2. The van der Waals surface area contributed by atoms with Gasteiger partial charge in [-0.1, -0.05) is 11.8 Å². The van der Waals surface area contributed by atoms with Gasteiger partial charge in [0.15, 0.2) is 5.17 Å². The van der Waals surface area contributed by atoms with Crippen molar-refractivity contribution in [2.75, 3.05) is 12.9 Å². The number of ether oxygens (including phenoxy) is 1. The van der Waals surface area contributed by atoms with E-state index in [-0.39, 0.29) is 5.91 Å². The van der Waals surface area contributed by atoms with Crippen LogP contribution in [-0.2, 0) is 4.79 Å². The van der Waals surface area contributed by atoms with Gasteiger partial charge in [0.2, 0.25) is 5.91 Å². The van der Waals surface area contributed by atoms with Crippen molar-refractivity contribution in [2.24, 2.45) is 10.2 Å². The van der Waals surface area contributed by atoms with Gasteiger partial charge in [0.05, 0.1) is 19.1 Å². The Kier molecular flexibility index (Phi) is 3.93. The van der Waals surface area contributed by atoms with Crippen molar-refractivity contribution in [1.82, 2.24) is 5.32 Å². The fraction of sp³-hybridized carbons (Fsp3) is 0.182. The molecule has 5 nitrogen and oxygen atoms in total. The number of carbonyl (C=O) groups excluding carboxylic acids is 1. The van der Waals surface area contributed by atoms with E-state index >= 15 is 0 Å². The fourth-order valence-electron chi connectivity index (χ4n) is 1.26. The number of carbonyl (C=O) groups is 1. The SMILES string of the molecule is COc1ccc(C=NN=C2NC(=O)CS2)c(F)c1. The van der Waals surface area contributed by atoms with E-state index in [0.29, 0.717) is 22.2 Å². The Morgan fingerprint density at radius 3 is 3.00 bits per heavy atom. The molecule has 1 N–H and O–H groups in total. The van der Waals surface area contributed by atoms with Crippen LogP contribution in [0.4, 0.5) is 4.39 Å². The second kappa shape index (κ2) is 5.63. The molecule has 0 bridgehead atoms. The van der Waals surface area contributed by atoms with Crippen LogP contribution in [0.1, 0.15) is 5.56 Å². The monoisotopic (exact) mass is 267 g/mol. The van der Waals surface area contributed by atoms with E-state index in [9.17, 15) is 9.18 Å². The molecule has 2 rings (SSSR count). The molecule has 1 heterocycles. The minimum absolute atomic E-state index is 0.107. The molecule has 1 fully saturated rings. The van der Waals surface area contributed by atoms with Gasteiger partial charge < -0.3 is 10.1 Å². The Morgan fingerprint density at radius 2 is 2.39 bits per heavy atom. The molecule has 1 aliphatic heterocycles. The number of methoxy groups -OCH3 is 1. The topological polar surface area (TPSA) is 63.1 Å². The third-order valence-corrected chi connectivity index (χ3v) is 3.00. The highest BCUT2D eigenvalue weighted by molar-refractivity contribution is 8.15. The molecule has 0 aliphatic carbocycles. The molecule has 1 saturated heterocycles. The predicted octanol–water partition coefficient (Wildman–Crippen LogP) is 1.39. The molecule has 0 unspecified atom stereocenters. The molecule has 1 aromatic carbocycles. The summed E-state index contributed by atoms with van der Waals surface area (Å²) in [6.07, 6.45) is 1.28. The maximum absolute atomic E-state index is 13.5. The Morgan fingerprint density at radius 1 is 1.56 bits per heavy atom. The molecule has 1 aromatic rings. The first-order valence-electron chi connectivity index (χ1n) is 5.06. The Balaban J connectivity index is 2.07. The van der Waals surface area contributed by atoms with E-state index in [2.05, 4.69) is 15.5 Å². The number of hydrogen-bond donors (Lipinski definition) is 1. The summed E-state index contributed by atoms with van der Waals surface area (Å²) in [5.41, 5.74) is 0.300. The van der Waals surface area contributed by atoms with E-state index < -0.39 is 5.82 Å². The van der Waals surface area contributed by atoms with Gasteiger partial charge in [-0.25, -0.2) is 4.39 Å². The molecule has 1 amide bonds. The van der Waals surface area contributed by atoms with Crippen molar-refractivity contribution in [3.05, 3.63) is 29.6 Å². The summed E-state index contributed by atoms with van der Waals surface area (Å²) in [5.74, 6) is 0.228. The number of benzene rings is 1. The van der Waals surface area contributed by atoms with Crippen LogP contribution < -0.4 is 10.1 Å². The maximum atomic E-state index is 13.5. The van der Waals surface area contributed by atoms with Crippen molar-refractivity contribution in [3.8, 4) is 5.75 Å². The molecule has 0 radical (unpaired) electrons. The van der Waals surface area contributed by atoms with E-state index in [0.717, 1.165) is 0 Å². The Labute approximate surface area is 107 Å². The van der Waals surface area contributed by atoms with Gasteiger partial charge in [-0.05, 0) is 12.1 Å². The second-order valence-corrected chi connectivity index (χ2v) is 4.34. The molecular formula is C11H10FN3O2S. The number of hydrogen-bond acceptors (Lipinski definition) is 5. The van der Waals surface area contributed by atoms with Crippen LogP contribution in [0.2, 0.25) is 0 Å². The van der Waals surface area contributed by atoms with E-state index in [1.807, 2.05) is 0 Å². The van der Waals surface area contributed by atoms with Crippen LogP contribution in [0.3, 0.4) is 0 Å². The highest BCUT2D eigenvalue weighted by Crippen LogP contribution is 2.15. The quantitative estimate of drug-likeness (QED) is 0.665. The highest BCUT2D eigenvalue weighted by Gasteiger charge is 2.15. The zero-order chi connectivity index (χ0) is 13.0. The van der Waals surface area contributed by atoms with E-state index in [1.54, 1.807) is 6.07 Å². The molecular weight excluding hydrogens is 257 g/mol. The number of thioether (sulfide) groups is 1. The number of nitrogens with zero attached hydrogens (tertiary/aromatic N) is 2. The van der Waals surface area contributed by atoms with Gasteiger partial charge in [-0.2, -0.15) is 5.10 Å². The summed E-state index contributed by atoms with van der Waals surface area (Å²) in [5, 5.41) is 10.4. The smallest absolute Gasteiger partial charge is 0.236 e. The zero-order valence-electron chi connectivity index (χ0n) is 9.51. The fourth-order valence-corrected chi connectivity index (χ4v) is 1.89.